The third kappa shape index (κ3) is 4.51. The molecule has 0 heterocycles. The lowest BCUT2D eigenvalue weighted by Gasteiger charge is -2.31. The molecule has 0 radical (unpaired) electrons. The first-order valence-corrected chi connectivity index (χ1v) is 9.49. The second-order valence-electron chi connectivity index (χ2n) is 6.08. The highest BCUT2D eigenvalue weighted by Crippen LogP contribution is 2.24. The number of rotatable bonds is 6. The Bertz CT molecular complexity index is 662. The van der Waals surface area contributed by atoms with Gasteiger partial charge >= 0.3 is 5.76 Å². The summed E-state index contributed by atoms with van der Waals surface area (Å²) >= 11 is 0. The molecule has 0 saturated heterocycles. The van der Waals surface area contributed by atoms with Gasteiger partial charge in [0, 0.05) is 6.04 Å². The van der Waals surface area contributed by atoms with Gasteiger partial charge < -0.3 is 11.1 Å². The van der Waals surface area contributed by atoms with E-state index in [1.54, 1.807) is 0 Å². The van der Waals surface area contributed by atoms with Crippen LogP contribution >= 0.6 is 0 Å². The Morgan fingerprint density at radius 3 is 2.42 bits per heavy atom. The Kier molecular flexibility index (Phi) is 6.28. The third-order valence-corrected chi connectivity index (χ3v) is 5.81. The van der Waals surface area contributed by atoms with Crippen molar-refractivity contribution in [1.29, 1.82) is 0 Å². The largest absolute Gasteiger partial charge is 0.353 e. The molecule has 1 aliphatic carbocycles. The molecule has 1 aliphatic rings. The molecule has 1 fully saturated rings. The van der Waals surface area contributed by atoms with E-state index in [-0.39, 0.29) is 24.3 Å². The van der Waals surface area contributed by atoms with Crippen LogP contribution in [0.2, 0.25) is 0 Å². The summed E-state index contributed by atoms with van der Waals surface area (Å²) in [4.78, 5) is 11.7. The maximum Gasteiger partial charge on any atom is 0.341 e. The summed E-state index contributed by atoms with van der Waals surface area (Å²) in [7, 11) is -4.60. The number of sulfone groups is 1. The highest BCUT2D eigenvalue weighted by molar-refractivity contribution is 7.91. The van der Waals surface area contributed by atoms with Crippen molar-refractivity contribution in [3.8, 4) is 0 Å². The first kappa shape index (κ1) is 18.8. The van der Waals surface area contributed by atoms with Gasteiger partial charge in [-0.1, -0.05) is 25.0 Å². The quantitative estimate of drug-likeness (QED) is 0.810. The van der Waals surface area contributed by atoms with Crippen molar-refractivity contribution < 1.29 is 22.0 Å². The molecule has 0 aliphatic heterocycles. The van der Waals surface area contributed by atoms with Crippen molar-refractivity contribution in [2.24, 2.45) is 11.7 Å². The number of carbonyl (C=O) groups is 1. The minimum Gasteiger partial charge on any atom is -0.353 e. The zero-order chi connectivity index (χ0) is 17.7. The minimum atomic E-state index is -4.60. The van der Waals surface area contributed by atoms with Crippen LogP contribution in [0.3, 0.4) is 0 Å². The van der Waals surface area contributed by atoms with E-state index >= 15 is 0 Å². The van der Waals surface area contributed by atoms with Gasteiger partial charge in [0.05, 0.1) is 11.3 Å². The average molecular weight is 360 g/mol. The molecule has 1 aromatic rings. The van der Waals surface area contributed by atoms with Crippen molar-refractivity contribution in [2.75, 3.05) is 6.54 Å². The summed E-state index contributed by atoms with van der Waals surface area (Å²) in [6, 6.07) is 5.04. The van der Waals surface area contributed by atoms with E-state index in [9.17, 15) is 22.0 Å². The van der Waals surface area contributed by atoms with E-state index < -0.39 is 20.5 Å². The summed E-state index contributed by atoms with van der Waals surface area (Å²) in [6.45, 7) is 0.533. The Morgan fingerprint density at radius 2 is 1.83 bits per heavy atom. The van der Waals surface area contributed by atoms with Crippen molar-refractivity contribution in [3.05, 3.63) is 29.8 Å². The topological polar surface area (TPSA) is 89.3 Å². The second kappa shape index (κ2) is 8.02. The van der Waals surface area contributed by atoms with Crippen LogP contribution < -0.4 is 11.1 Å². The summed E-state index contributed by atoms with van der Waals surface area (Å²) < 4.78 is 47.7. The lowest BCUT2D eigenvalue weighted by Crippen LogP contribution is -2.45. The fourth-order valence-electron chi connectivity index (χ4n) is 3.02. The minimum absolute atomic E-state index is 0.0646. The molecule has 5 nitrogen and oxygen atoms in total. The van der Waals surface area contributed by atoms with Gasteiger partial charge in [0.25, 0.3) is 0 Å². The first-order valence-electron chi connectivity index (χ1n) is 7.95. The lowest BCUT2D eigenvalue weighted by atomic mass is 9.84. The maximum atomic E-state index is 12.5. The van der Waals surface area contributed by atoms with Crippen LogP contribution in [0.5, 0.6) is 0 Å². The Balaban J connectivity index is 1.97. The van der Waals surface area contributed by atoms with E-state index in [1.165, 1.54) is 12.1 Å². The number of nitrogens with one attached hydrogen (secondary N) is 1. The first-order chi connectivity index (χ1) is 11.3. The molecular formula is C16H22F2N2O3S. The Labute approximate surface area is 140 Å². The van der Waals surface area contributed by atoms with Crippen LogP contribution in [-0.2, 0) is 21.1 Å². The normalized spacial score (nSPS) is 21.7. The van der Waals surface area contributed by atoms with Gasteiger partial charge in [-0.25, -0.2) is 8.42 Å². The number of carbonyl (C=O) groups excluding carboxylic acids is 1. The van der Waals surface area contributed by atoms with Crippen LogP contribution in [0.25, 0.3) is 0 Å². The van der Waals surface area contributed by atoms with Gasteiger partial charge in [-0.2, -0.15) is 8.78 Å². The van der Waals surface area contributed by atoms with Crippen molar-refractivity contribution in [1.82, 2.24) is 5.32 Å². The highest BCUT2D eigenvalue weighted by Gasteiger charge is 2.27. The van der Waals surface area contributed by atoms with Crippen LogP contribution in [-0.4, -0.2) is 32.7 Å². The predicted octanol–water partition coefficient (Wildman–Crippen LogP) is 1.86. The van der Waals surface area contributed by atoms with Gasteiger partial charge in [-0.3, -0.25) is 4.79 Å². The summed E-state index contributed by atoms with van der Waals surface area (Å²) in [5.41, 5.74) is 6.30. The van der Waals surface area contributed by atoms with E-state index in [4.69, 9.17) is 5.73 Å². The van der Waals surface area contributed by atoms with Gasteiger partial charge in [0.1, 0.15) is 0 Å². The standard InChI is InChI=1S/C16H22F2N2O3S/c17-16(18)24(22,23)13-7-5-11(6-8-13)9-15(21)20-14-4-2-1-3-12(14)10-19/h5-8,12,14,16H,1-4,9-10,19H2,(H,20,21). The van der Waals surface area contributed by atoms with Gasteiger partial charge in [0.2, 0.25) is 15.7 Å². The summed E-state index contributed by atoms with van der Waals surface area (Å²) in [6.07, 6.45) is 4.15. The number of hydrogen-bond donors (Lipinski definition) is 2. The fraction of sp³-hybridized carbons (Fsp3) is 0.562. The van der Waals surface area contributed by atoms with Crippen molar-refractivity contribution in [3.63, 3.8) is 0 Å². The number of alkyl halides is 2. The third-order valence-electron chi connectivity index (χ3n) is 4.41. The molecular weight excluding hydrogens is 338 g/mol. The SMILES string of the molecule is NCC1CCCCC1NC(=O)Cc1ccc(S(=O)(=O)C(F)F)cc1. The molecule has 0 spiro atoms. The monoisotopic (exact) mass is 360 g/mol. The van der Waals surface area contributed by atoms with Crippen molar-refractivity contribution >= 4 is 15.7 Å². The second-order valence-corrected chi connectivity index (χ2v) is 8.00. The van der Waals surface area contributed by atoms with E-state index in [1.807, 2.05) is 0 Å². The van der Waals surface area contributed by atoms with Crippen LogP contribution in [0.4, 0.5) is 8.78 Å². The van der Waals surface area contributed by atoms with E-state index in [2.05, 4.69) is 5.32 Å². The molecule has 24 heavy (non-hydrogen) atoms. The van der Waals surface area contributed by atoms with E-state index in [0.717, 1.165) is 37.8 Å². The fourth-order valence-corrected chi connectivity index (χ4v) is 3.74. The molecule has 1 amide bonds. The van der Waals surface area contributed by atoms with Crippen molar-refractivity contribution in [2.45, 2.75) is 48.8 Å². The lowest BCUT2D eigenvalue weighted by molar-refractivity contribution is -0.121. The van der Waals surface area contributed by atoms with Gasteiger partial charge in [-0.15, -0.1) is 0 Å². The molecule has 134 valence electrons. The molecule has 3 N–H and O–H groups in total. The molecule has 0 bridgehead atoms. The number of hydrogen-bond acceptors (Lipinski definition) is 4. The molecule has 1 aromatic carbocycles. The number of benzene rings is 1. The number of halogens is 2. The number of nitrogens with two attached hydrogens (primary N) is 1. The van der Waals surface area contributed by atoms with Crippen LogP contribution in [0.1, 0.15) is 31.2 Å². The number of amides is 1. The maximum absolute atomic E-state index is 12.5. The molecule has 2 rings (SSSR count). The zero-order valence-electron chi connectivity index (χ0n) is 13.3. The zero-order valence-corrected chi connectivity index (χ0v) is 14.1. The summed E-state index contributed by atoms with van der Waals surface area (Å²) in [5.74, 6) is -3.35. The average Bonchev–Trinajstić information content (AvgIpc) is 2.55. The van der Waals surface area contributed by atoms with E-state index in [0.29, 0.717) is 12.1 Å². The predicted molar refractivity (Wildman–Crippen MR) is 86.3 cm³/mol. The van der Waals surface area contributed by atoms with Gasteiger partial charge in [0.15, 0.2) is 0 Å². The van der Waals surface area contributed by atoms with Crippen LogP contribution in [0.15, 0.2) is 29.2 Å². The molecule has 8 heteroatoms. The molecule has 0 aromatic heterocycles. The Hall–Kier alpha value is -1.54. The molecule has 2 atom stereocenters. The molecule has 2 unspecified atom stereocenters. The van der Waals surface area contributed by atoms with Crippen LogP contribution in [0, 0.1) is 5.92 Å². The summed E-state index contributed by atoms with van der Waals surface area (Å²) in [5, 5.41) is 2.97. The highest BCUT2D eigenvalue weighted by atomic mass is 32.2. The smallest absolute Gasteiger partial charge is 0.341 e. The molecule has 1 saturated carbocycles. The van der Waals surface area contributed by atoms with Gasteiger partial charge in [-0.05, 0) is 43.0 Å². The Morgan fingerprint density at radius 1 is 1.21 bits per heavy atom.